The lowest BCUT2D eigenvalue weighted by Crippen LogP contribution is -2.44. The van der Waals surface area contributed by atoms with Gasteiger partial charge in [-0.1, -0.05) is 6.07 Å². The lowest BCUT2D eigenvalue weighted by molar-refractivity contribution is -0.137. The van der Waals surface area contributed by atoms with Crippen molar-refractivity contribution in [3.63, 3.8) is 0 Å². The number of amides is 1. The number of nitrogens with one attached hydrogen (secondary N) is 1. The number of carbonyl (C=O) groups is 1. The highest BCUT2D eigenvalue weighted by Crippen LogP contribution is 2.30. The molecule has 1 fully saturated rings. The van der Waals surface area contributed by atoms with Crippen LogP contribution in [0, 0.1) is 12.7 Å². The number of pyridine rings is 1. The van der Waals surface area contributed by atoms with Crippen molar-refractivity contribution < 1.29 is 22.4 Å². The fourth-order valence-electron chi connectivity index (χ4n) is 4.05. The van der Waals surface area contributed by atoms with E-state index >= 15 is 0 Å². The summed E-state index contributed by atoms with van der Waals surface area (Å²) in [7, 11) is 2.10. The summed E-state index contributed by atoms with van der Waals surface area (Å²) in [5.41, 5.74) is 1.48. The molecule has 1 amide bonds. The largest absolute Gasteiger partial charge is 0.416 e. The van der Waals surface area contributed by atoms with Gasteiger partial charge >= 0.3 is 6.18 Å². The Morgan fingerprint density at radius 1 is 1.06 bits per heavy atom. The molecule has 180 valence electrons. The summed E-state index contributed by atoms with van der Waals surface area (Å²) in [6.07, 6.45) is -4.66. The number of nitrogens with zero attached hydrogens (tertiary/aromatic N) is 3. The number of anilines is 2. The van der Waals surface area contributed by atoms with Gasteiger partial charge in [-0.25, -0.2) is 9.37 Å². The number of aromatic nitrogens is 1. The first-order valence-corrected chi connectivity index (χ1v) is 11.1. The number of hydrogen-bond donors (Lipinski definition) is 1. The summed E-state index contributed by atoms with van der Waals surface area (Å²) in [6, 6.07) is 9.88. The molecule has 3 aromatic rings. The number of benzene rings is 2. The van der Waals surface area contributed by atoms with Crippen molar-refractivity contribution in [1.29, 1.82) is 0 Å². The number of hydrogen-bond acceptors (Lipinski definition) is 4. The molecule has 1 N–H and O–H groups in total. The van der Waals surface area contributed by atoms with Gasteiger partial charge in [-0.2, -0.15) is 13.2 Å². The van der Waals surface area contributed by atoms with Crippen LogP contribution in [0.15, 0.2) is 42.5 Å². The van der Waals surface area contributed by atoms with E-state index in [0.717, 1.165) is 60.6 Å². The zero-order valence-corrected chi connectivity index (χ0v) is 19.0. The normalized spacial score (nSPS) is 15.1. The van der Waals surface area contributed by atoms with Crippen LogP contribution in [0.25, 0.3) is 10.9 Å². The predicted molar refractivity (Wildman–Crippen MR) is 125 cm³/mol. The smallest absolute Gasteiger partial charge is 0.354 e. The molecular formula is C25H26F4N4O. The van der Waals surface area contributed by atoms with Gasteiger partial charge in [0, 0.05) is 43.7 Å². The lowest BCUT2D eigenvalue weighted by atomic mass is 10.1. The van der Waals surface area contributed by atoms with Crippen LogP contribution in [-0.2, 0) is 17.4 Å². The first-order chi connectivity index (χ1) is 16.1. The van der Waals surface area contributed by atoms with E-state index in [0.29, 0.717) is 11.8 Å². The summed E-state index contributed by atoms with van der Waals surface area (Å²) in [5.74, 6) is -0.377. The second-order valence-electron chi connectivity index (χ2n) is 8.67. The monoisotopic (exact) mass is 474 g/mol. The molecule has 9 heteroatoms. The van der Waals surface area contributed by atoms with E-state index in [9.17, 15) is 22.4 Å². The number of likely N-dealkylation sites (N-methyl/N-ethyl adjacent to an activating group) is 1. The Labute approximate surface area is 195 Å². The summed E-state index contributed by atoms with van der Waals surface area (Å²) in [4.78, 5) is 21.7. The van der Waals surface area contributed by atoms with Crippen molar-refractivity contribution in [2.45, 2.75) is 25.9 Å². The quantitative estimate of drug-likeness (QED) is 0.528. The van der Waals surface area contributed by atoms with Crippen LogP contribution in [0.2, 0.25) is 0 Å². The van der Waals surface area contributed by atoms with Crippen LogP contribution >= 0.6 is 0 Å². The van der Waals surface area contributed by atoms with Gasteiger partial charge in [-0.05, 0) is 67.9 Å². The molecule has 0 bridgehead atoms. The van der Waals surface area contributed by atoms with Crippen molar-refractivity contribution in [2.75, 3.05) is 43.4 Å². The predicted octanol–water partition coefficient (Wildman–Crippen LogP) is 5.02. The third-order valence-electron chi connectivity index (χ3n) is 6.11. The van der Waals surface area contributed by atoms with Gasteiger partial charge in [0.15, 0.2) is 0 Å². The highest BCUT2D eigenvalue weighted by molar-refractivity contribution is 5.94. The number of aryl methyl sites for hydroxylation is 2. The van der Waals surface area contributed by atoms with Gasteiger partial charge in [0.2, 0.25) is 5.91 Å². The van der Waals surface area contributed by atoms with Gasteiger partial charge in [0.25, 0.3) is 0 Å². The Bertz CT molecular complexity index is 1200. The number of halogens is 4. The van der Waals surface area contributed by atoms with Gasteiger partial charge < -0.3 is 15.1 Å². The molecule has 1 aliphatic rings. The van der Waals surface area contributed by atoms with E-state index < -0.39 is 17.6 Å². The molecular weight excluding hydrogens is 448 g/mol. The average Bonchev–Trinajstić information content (AvgIpc) is 2.78. The molecule has 1 aliphatic heterocycles. The minimum Gasteiger partial charge on any atom is -0.354 e. The highest BCUT2D eigenvalue weighted by Gasteiger charge is 2.31. The van der Waals surface area contributed by atoms with Crippen LogP contribution < -0.4 is 10.2 Å². The Kier molecular flexibility index (Phi) is 6.74. The number of piperazine rings is 1. The van der Waals surface area contributed by atoms with E-state index in [1.165, 1.54) is 0 Å². The molecule has 0 spiro atoms. The van der Waals surface area contributed by atoms with Crippen LogP contribution in [0.5, 0.6) is 0 Å². The second-order valence-corrected chi connectivity index (χ2v) is 8.67. The molecule has 0 atom stereocenters. The molecule has 0 unspecified atom stereocenters. The maximum Gasteiger partial charge on any atom is 0.416 e. The third-order valence-corrected chi connectivity index (χ3v) is 6.11. The van der Waals surface area contributed by atoms with Crippen LogP contribution in [0.4, 0.5) is 29.1 Å². The molecule has 2 aromatic carbocycles. The first kappa shape index (κ1) is 23.9. The Morgan fingerprint density at radius 3 is 2.47 bits per heavy atom. The standard InChI is InChI=1S/C25H26F4N4O/c1-16-13-23(33-11-9-32(2)10-12-33)31-22-7-6-19(15-20(16)22)30-24(34)8-4-17-3-5-18(14-21(17)26)25(27,28)29/h3,5-7,13-15H,4,8-12H2,1-2H3,(H,30,34). The van der Waals surface area contributed by atoms with Crippen molar-refractivity contribution in [2.24, 2.45) is 0 Å². The topological polar surface area (TPSA) is 48.5 Å². The zero-order chi connectivity index (χ0) is 24.5. The van der Waals surface area contributed by atoms with E-state index in [1.54, 1.807) is 6.07 Å². The summed E-state index contributed by atoms with van der Waals surface area (Å²) in [5, 5.41) is 3.71. The molecule has 4 rings (SSSR count). The summed E-state index contributed by atoms with van der Waals surface area (Å²) < 4.78 is 52.1. The molecule has 1 saturated heterocycles. The van der Waals surface area contributed by atoms with E-state index in [2.05, 4.69) is 22.2 Å². The Balaban J connectivity index is 1.41. The minimum atomic E-state index is -4.61. The Hall–Kier alpha value is -3.20. The number of rotatable bonds is 5. The van der Waals surface area contributed by atoms with Gasteiger partial charge in [0.05, 0.1) is 11.1 Å². The van der Waals surface area contributed by atoms with Gasteiger partial charge in [-0.3, -0.25) is 4.79 Å². The first-order valence-electron chi connectivity index (χ1n) is 11.1. The molecule has 34 heavy (non-hydrogen) atoms. The molecule has 0 radical (unpaired) electrons. The average molecular weight is 475 g/mol. The third kappa shape index (κ3) is 5.47. The van der Waals surface area contributed by atoms with Crippen molar-refractivity contribution in [3.8, 4) is 0 Å². The number of alkyl halides is 3. The Morgan fingerprint density at radius 2 is 1.79 bits per heavy atom. The van der Waals surface area contributed by atoms with E-state index in [1.807, 2.05) is 25.1 Å². The molecule has 5 nitrogen and oxygen atoms in total. The van der Waals surface area contributed by atoms with Gasteiger partial charge in [-0.15, -0.1) is 0 Å². The number of carbonyl (C=O) groups excluding carboxylic acids is 1. The second kappa shape index (κ2) is 9.58. The lowest BCUT2D eigenvalue weighted by Gasteiger charge is -2.33. The highest BCUT2D eigenvalue weighted by atomic mass is 19.4. The van der Waals surface area contributed by atoms with Crippen molar-refractivity contribution in [1.82, 2.24) is 9.88 Å². The molecule has 0 saturated carbocycles. The zero-order valence-electron chi connectivity index (χ0n) is 19.0. The minimum absolute atomic E-state index is 0.00164. The fourth-order valence-corrected chi connectivity index (χ4v) is 4.05. The SMILES string of the molecule is Cc1cc(N2CCN(C)CC2)nc2ccc(NC(=O)CCc3ccc(C(F)(F)F)cc3F)cc12. The summed E-state index contributed by atoms with van der Waals surface area (Å²) >= 11 is 0. The van der Waals surface area contributed by atoms with Crippen LogP contribution in [0.1, 0.15) is 23.1 Å². The van der Waals surface area contributed by atoms with Crippen LogP contribution in [-0.4, -0.2) is 49.0 Å². The van der Waals surface area contributed by atoms with Crippen molar-refractivity contribution >= 4 is 28.3 Å². The van der Waals surface area contributed by atoms with Crippen LogP contribution in [0.3, 0.4) is 0 Å². The number of fused-ring (bicyclic) bond motifs is 1. The van der Waals surface area contributed by atoms with E-state index in [-0.39, 0.29) is 24.3 Å². The fraction of sp³-hybridized carbons (Fsp3) is 0.360. The van der Waals surface area contributed by atoms with Crippen molar-refractivity contribution in [3.05, 3.63) is 65.0 Å². The summed E-state index contributed by atoms with van der Waals surface area (Å²) in [6.45, 7) is 5.81. The molecule has 2 heterocycles. The maximum atomic E-state index is 14.0. The van der Waals surface area contributed by atoms with E-state index in [4.69, 9.17) is 4.98 Å². The maximum absolute atomic E-state index is 14.0. The molecule has 1 aromatic heterocycles. The molecule has 0 aliphatic carbocycles. The van der Waals surface area contributed by atoms with Gasteiger partial charge in [0.1, 0.15) is 11.6 Å².